The Labute approximate surface area is 43.5 Å². The fourth-order valence-electron chi connectivity index (χ4n) is 0.338. The lowest BCUT2D eigenvalue weighted by molar-refractivity contribution is -0.383. The SMILES string of the molecule is CNCC(O)C[NH3+]. The molecule has 0 aromatic heterocycles. The van der Waals surface area contributed by atoms with Gasteiger partial charge in [0.25, 0.3) is 0 Å². The summed E-state index contributed by atoms with van der Waals surface area (Å²) in [5.74, 6) is 0. The van der Waals surface area contributed by atoms with Crippen LogP contribution in [0.5, 0.6) is 0 Å². The molecule has 5 N–H and O–H groups in total. The number of aliphatic hydroxyl groups is 1. The monoisotopic (exact) mass is 105 g/mol. The van der Waals surface area contributed by atoms with Crippen LogP contribution >= 0.6 is 0 Å². The van der Waals surface area contributed by atoms with Gasteiger partial charge in [0.2, 0.25) is 0 Å². The van der Waals surface area contributed by atoms with Gasteiger partial charge in [0.1, 0.15) is 12.6 Å². The largest absolute Gasteiger partial charge is 0.386 e. The maximum atomic E-state index is 8.73. The second kappa shape index (κ2) is 4.05. The molecule has 1 atom stereocenters. The molecule has 3 heteroatoms. The molecule has 0 radical (unpaired) electrons. The highest BCUT2D eigenvalue weighted by atomic mass is 16.3. The predicted molar refractivity (Wildman–Crippen MR) is 27.7 cm³/mol. The van der Waals surface area contributed by atoms with Crippen LogP contribution < -0.4 is 11.1 Å². The molecule has 0 aliphatic carbocycles. The predicted octanol–water partition coefficient (Wildman–Crippen LogP) is -2.19. The lowest BCUT2D eigenvalue weighted by Gasteiger charge is -2.01. The molecule has 0 amide bonds. The molecule has 0 aromatic carbocycles. The van der Waals surface area contributed by atoms with Crippen molar-refractivity contribution in [1.82, 2.24) is 5.32 Å². The minimum atomic E-state index is -0.273. The molecule has 0 saturated carbocycles. The maximum Gasteiger partial charge on any atom is 0.115 e. The van der Waals surface area contributed by atoms with Gasteiger partial charge in [0.05, 0.1) is 0 Å². The number of aliphatic hydroxyl groups excluding tert-OH is 1. The van der Waals surface area contributed by atoms with Gasteiger partial charge in [-0.25, -0.2) is 0 Å². The average Bonchev–Trinajstić information content (AvgIpc) is 1.68. The van der Waals surface area contributed by atoms with Gasteiger partial charge in [0.15, 0.2) is 0 Å². The Bertz CT molecular complexity index is 40.7. The standard InChI is InChI=1S/C4H12N2O/c1-6-3-4(7)2-5/h4,6-7H,2-3,5H2,1H3/p+1. The van der Waals surface area contributed by atoms with E-state index in [1.54, 1.807) is 7.05 Å². The first-order valence-electron chi connectivity index (χ1n) is 2.43. The summed E-state index contributed by atoms with van der Waals surface area (Å²) in [4.78, 5) is 0. The van der Waals surface area contributed by atoms with E-state index in [0.29, 0.717) is 13.1 Å². The molecule has 0 bridgehead atoms. The van der Waals surface area contributed by atoms with Crippen molar-refractivity contribution in [2.45, 2.75) is 6.10 Å². The van der Waals surface area contributed by atoms with Crippen LogP contribution in [0.4, 0.5) is 0 Å². The first kappa shape index (κ1) is 6.88. The Balaban J connectivity index is 2.83. The van der Waals surface area contributed by atoms with Crippen LogP contribution in [-0.2, 0) is 0 Å². The normalized spacial score (nSPS) is 14.1. The number of rotatable bonds is 3. The summed E-state index contributed by atoms with van der Waals surface area (Å²) in [7, 11) is 1.80. The molecule has 0 fully saturated rings. The van der Waals surface area contributed by atoms with Crippen LogP contribution in [0.1, 0.15) is 0 Å². The molecule has 0 spiro atoms. The van der Waals surface area contributed by atoms with Crippen LogP contribution in [0.2, 0.25) is 0 Å². The summed E-state index contributed by atoms with van der Waals surface area (Å²) in [6.07, 6.45) is -0.273. The zero-order valence-electron chi connectivity index (χ0n) is 4.65. The van der Waals surface area contributed by atoms with Crippen LogP contribution in [0.25, 0.3) is 0 Å². The third-order valence-electron chi connectivity index (χ3n) is 0.773. The molecule has 0 aromatic rings. The molecule has 7 heavy (non-hydrogen) atoms. The highest BCUT2D eigenvalue weighted by molar-refractivity contribution is 4.51. The number of hydrogen-bond donors (Lipinski definition) is 3. The summed E-state index contributed by atoms with van der Waals surface area (Å²) < 4.78 is 0. The summed E-state index contributed by atoms with van der Waals surface area (Å²) in [6.45, 7) is 1.23. The van der Waals surface area contributed by atoms with Crippen molar-refractivity contribution in [2.24, 2.45) is 0 Å². The summed E-state index contributed by atoms with van der Waals surface area (Å²) in [5.41, 5.74) is 3.51. The van der Waals surface area contributed by atoms with Crippen molar-refractivity contribution in [1.29, 1.82) is 0 Å². The Hall–Kier alpha value is -0.120. The van der Waals surface area contributed by atoms with Gasteiger partial charge >= 0.3 is 0 Å². The fraction of sp³-hybridized carbons (Fsp3) is 1.00. The minimum absolute atomic E-state index is 0.273. The molecule has 0 saturated heterocycles. The van der Waals surface area contributed by atoms with Gasteiger partial charge < -0.3 is 16.2 Å². The Morgan fingerprint density at radius 3 is 2.57 bits per heavy atom. The van der Waals surface area contributed by atoms with Crippen molar-refractivity contribution in [2.75, 3.05) is 20.1 Å². The maximum absolute atomic E-state index is 8.73. The van der Waals surface area contributed by atoms with Crippen molar-refractivity contribution in [3.63, 3.8) is 0 Å². The highest BCUT2D eigenvalue weighted by Crippen LogP contribution is 1.68. The van der Waals surface area contributed by atoms with Crippen molar-refractivity contribution < 1.29 is 10.8 Å². The minimum Gasteiger partial charge on any atom is -0.386 e. The van der Waals surface area contributed by atoms with Crippen molar-refractivity contribution in [3.05, 3.63) is 0 Å². The molecule has 0 rings (SSSR count). The van der Waals surface area contributed by atoms with Gasteiger partial charge in [-0.05, 0) is 7.05 Å². The smallest absolute Gasteiger partial charge is 0.115 e. The Kier molecular flexibility index (Phi) is 3.98. The van der Waals surface area contributed by atoms with Gasteiger partial charge in [-0.3, -0.25) is 0 Å². The number of nitrogens with one attached hydrogen (secondary N) is 1. The van der Waals surface area contributed by atoms with Gasteiger partial charge in [-0.2, -0.15) is 0 Å². The average molecular weight is 105 g/mol. The van der Waals surface area contributed by atoms with E-state index in [1.807, 2.05) is 0 Å². The third kappa shape index (κ3) is 3.72. The molecule has 0 aliphatic heterocycles. The van der Waals surface area contributed by atoms with E-state index < -0.39 is 0 Å². The Morgan fingerprint density at radius 1 is 1.86 bits per heavy atom. The quantitative estimate of drug-likeness (QED) is 0.382. The van der Waals surface area contributed by atoms with E-state index in [1.165, 1.54) is 0 Å². The zero-order valence-corrected chi connectivity index (χ0v) is 4.65. The fourth-order valence-corrected chi connectivity index (χ4v) is 0.338. The number of likely N-dealkylation sites (N-methyl/N-ethyl adjacent to an activating group) is 1. The van der Waals surface area contributed by atoms with E-state index in [4.69, 9.17) is 5.11 Å². The van der Waals surface area contributed by atoms with Crippen LogP contribution in [0, 0.1) is 0 Å². The zero-order chi connectivity index (χ0) is 5.70. The van der Waals surface area contributed by atoms with E-state index in [9.17, 15) is 0 Å². The number of quaternary nitrogens is 1. The molecular formula is C4H13N2O+. The van der Waals surface area contributed by atoms with Crippen molar-refractivity contribution >= 4 is 0 Å². The second-order valence-corrected chi connectivity index (χ2v) is 1.50. The number of hydrogen-bond acceptors (Lipinski definition) is 2. The first-order chi connectivity index (χ1) is 3.31. The topological polar surface area (TPSA) is 59.9 Å². The highest BCUT2D eigenvalue weighted by Gasteiger charge is 1.97. The van der Waals surface area contributed by atoms with Gasteiger partial charge in [-0.1, -0.05) is 0 Å². The van der Waals surface area contributed by atoms with Crippen molar-refractivity contribution in [3.8, 4) is 0 Å². The third-order valence-corrected chi connectivity index (χ3v) is 0.773. The van der Waals surface area contributed by atoms with Crippen LogP contribution in [0.15, 0.2) is 0 Å². The van der Waals surface area contributed by atoms with Crippen LogP contribution in [0.3, 0.4) is 0 Å². The molecule has 0 aliphatic rings. The summed E-state index contributed by atoms with van der Waals surface area (Å²) in [6, 6.07) is 0. The Morgan fingerprint density at radius 2 is 2.43 bits per heavy atom. The summed E-state index contributed by atoms with van der Waals surface area (Å²) in [5, 5.41) is 11.6. The van der Waals surface area contributed by atoms with Gasteiger partial charge in [0, 0.05) is 6.54 Å². The van der Waals surface area contributed by atoms with Gasteiger partial charge in [-0.15, -0.1) is 0 Å². The van der Waals surface area contributed by atoms with E-state index in [2.05, 4.69) is 11.1 Å². The molecular weight excluding hydrogens is 92.1 g/mol. The van der Waals surface area contributed by atoms with Crippen LogP contribution in [-0.4, -0.2) is 31.3 Å². The molecule has 3 nitrogen and oxygen atoms in total. The molecule has 0 heterocycles. The molecule has 1 unspecified atom stereocenters. The van der Waals surface area contributed by atoms with E-state index in [-0.39, 0.29) is 6.10 Å². The summed E-state index contributed by atoms with van der Waals surface area (Å²) >= 11 is 0. The molecule has 44 valence electrons. The lowest BCUT2D eigenvalue weighted by Crippen LogP contribution is -2.57. The lowest BCUT2D eigenvalue weighted by atomic mass is 10.4. The van der Waals surface area contributed by atoms with E-state index in [0.717, 1.165) is 0 Å². The van der Waals surface area contributed by atoms with E-state index >= 15 is 0 Å². The second-order valence-electron chi connectivity index (χ2n) is 1.50. The first-order valence-corrected chi connectivity index (χ1v) is 2.43.